The molecule has 2 aromatic rings. The predicted octanol–water partition coefficient (Wildman–Crippen LogP) is 1.79. The van der Waals surface area contributed by atoms with Crippen LogP contribution in [-0.2, 0) is 11.3 Å². The first kappa shape index (κ1) is 20.4. The van der Waals surface area contributed by atoms with Gasteiger partial charge >= 0.3 is 0 Å². The Morgan fingerprint density at radius 3 is 2.92 bits per heavy atom. The van der Waals surface area contributed by atoms with Crippen molar-refractivity contribution >= 4 is 46.2 Å². The molecule has 0 aliphatic carbocycles. The molecule has 0 radical (unpaired) electrons. The fourth-order valence-corrected chi connectivity index (χ4v) is 3.46. The first-order valence-corrected chi connectivity index (χ1v) is 9.39. The Balaban J connectivity index is 0.00000225. The highest BCUT2D eigenvalue weighted by Gasteiger charge is 2.17. The van der Waals surface area contributed by atoms with Crippen molar-refractivity contribution in [1.82, 2.24) is 24.9 Å². The summed E-state index contributed by atoms with van der Waals surface area (Å²) in [6.45, 7) is 10.3. The number of halogens is 1. The van der Waals surface area contributed by atoms with Gasteiger partial charge in [0.05, 0.1) is 25.5 Å². The van der Waals surface area contributed by atoms with Gasteiger partial charge in [-0.05, 0) is 13.8 Å². The minimum atomic E-state index is 0. The first-order chi connectivity index (χ1) is 11.8. The van der Waals surface area contributed by atoms with Crippen LogP contribution >= 0.6 is 35.3 Å². The number of guanidine groups is 1. The number of hydrogen-bond acceptors (Lipinski definition) is 5. The van der Waals surface area contributed by atoms with Crippen LogP contribution in [0.5, 0.6) is 0 Å². The van der Waals surface area contributed by atoms with Gasteiger partial charge < -0.3 is 15.4 Å². The molecular weight excluding hydrogens is 451 g/mol. The SMILES string of the molecule is CCNC(=NCc1cn2ccsc2n1)NCC(C)N1CCOCC1.I. The molecular formula is C16H27IN6OS. The number of morpholine rings is 1. The summed E-state index contributed by atoms with van der Waals surface area (Å²) in [5.74, 6) is 0.842. The van der Waals surface area contributed by atoms with Crippen molar-refractivity contribution in [1.29, 1.82) is 0 Å². The van der Waals surface area contributed by atoms with E-state index in [0.717, 1.165) is 56.0 Å². The van der Waals surface area contributed by atoms with E-state index in [4.69, 9.17) is 4.74 Å². The van der Waals surface area contributed by atoms with E-state index in [1.807, 2.05) is 22.2 Å². The highest BCUT2D eigenvalue weighted by atomic mass is 127. The Hall–Kier alpha value is -0.910. The lowest BCUT2D eigenvalue weighted by molar-refractivity contribution is 0.0211. The molecule has 140 valence electrons. The lowest BCUT2D eigenvalue weighted by Gasteiger charge is -2.32. The third-order valence-corrected chi connectivity index (χ3v) is 4.89. The summed E-state index contributed by atoms with van der Waals surface area (Å²) in [6, 6.07) is 0.454. The Morgan fingerprint density at radius 2 is 2.20 bits per heavy atom. The highest BCUT2D eigenvalue weighted by molar-refractivity contribution is 14.0. The molecule has 2 N–H and O–H groups in total. The molecule has 1 fully saturated rings. The molecule has 1 aliphatic heterocycles. The average molecular weight is 478 g/mol. The van der Waals surface area contributed by atoms with Crippen LogP contribution < -0.4 is 10.6 Å². The molecule has 1 saturated heterocycles. The molecule has 0 bridgehead atoms. The minimum Gasteiger partial charge on any atom is -0.379 e. The molecule has 0 aromatic carbocycles. The molecule has 0 spiro atoms. The molecule has 9 heteroatoms. The zero-order valence-electron chi connectivity index (χ0n) is 14.8. The molecule has 1 unspecified atom stereocenters. The molecule has 0 amide bonds. The Labute approximate surface area is 169 Å². The van der Waals surface area contributed by atoms with E-state index < -0.39 is 0 Å². The number of nitrogens with one attached hydrogen (secondary N) is 2. The van der Waals surface area contributed by atoms with Crippen LogP contribution in [0.15, 0.2) is 22.8 Å². The number of fused-ring (bicyclic) bond motifs is 1. The van der Waals surface area contributed by atoms with Gasteiger partial charge in [0.2, 0.25) is 0 Å². The van der Waals surface area contributed by atoms with E-state index >= 15 is 0 Å². The zero-order chi connectivity index (χ0) is 16.8. The highest BCUT2D eigenvalue weighted by Crippen LogP contribution is 2.11. The van der Waals surface area contributed by atoms with Crippen molar-refractivity contribution in [2.45, 2.75) is 26.4 Å². The third kappa shape index (κ3) is 5.80. The summed E-state index contributed by atoms with van der Waals surface area (Å²) in [7, 11) is 0. The lowest BCUT2D eigenvalue weighted by Crippen LogP contribution is -2.49. The number of imidazole rings is 1. The van der Waals surface area contributed by atoms with Gasteiger partial charge in [0, 0.05) is 50.0 Å². The van der Waals surface area contributed by atoms with Gasteiger partial charge in [-0.2, -0.15) is 0 Å². The quantitative estimate of drug-likeness (QED) is 0.377. The van der Waals surface area contributed by atoms with Crippen molar-refractivity contribution in [2.24, 2.45) is 4.99 Å². The molecule has 3 heterocycles. The lowest BCUT2D eigenvalue weighted by atomic mass is 10.2. The summed E-state index contributed by atoms with van der Waals surface area (Å²) < 4.78 is 7.45. The standard InChI is InChI=1S/C16H26N6OS.HI/c1-3-17-15(18-10-13(2)21-4-7-23-8-5-21)19-11-14-12-22-6-9-24-16(22)20-14;/h6,9,12-13H,3-5,7-8,10-11H2,1-2H3,(H2,17,18,19);1H. The molecule has 0 saturated carbocycles. The largest absolute Gasteiger partial charge is 0.379 e. The Kier molecular flexibility index (Phi) is 8.40. The molecule has 2 aromatic heterocycles. The van der Waals surface area contributed by atoms with Crippen LogP contribution in [0, 0.1) is 0 Å². The number of nitrogens with zero attached hydrogens (tertiary/aromatic N) is 4. The second kappa shape index (κ2) is 10.3. The Morgan fingerprint density at radius 1 is 1.40 bits per heavy atom. The normalized spacial score (nSPS) is 17.3. The summed E-state index contributed by atoms with van der Waals surface area (Å²) >= 11 is 1.64. The maximum atomic E-state index is 5.41. The smallest absolute Gasteiger partial charge is 0.193 e. The van der Waals surface area contributed by atoms with E-state index in [0.29, 0.717) is 12.6 Å². The first-order valence-electron chi connectivity index (χ1n) is 8.51. The van der Waals surface area contributed by atoms with Gasteiger partial charge in [-0.15, -0.1) is 35.3 Å². The van der Waals surface area contributed by atoms with E-state index in [1.165, 1.54) is 0 Å². The monoisotopic (exact) mass is 478 g/mol. The van der Waals surface area contributed by atoms with Gasteiger partial charge in [-0.25, -0.2) is 9.98 Å². The van der Waals surface area contributed by atoms with Crippen LogP contribution in [0.3, 0.4) is 0 Å². The molecule has 1 aliphatic rings. The molecule has 1 atom stereocenters. The van der Waals surface area contributed by atoms with Crippen molar-refractivity contribution < 1.29 is 4.74 Å². The van der Waals surface area contributed by atoms with Gasteiger partial charge in [-0.3, -0.25) is 9.30 Å². The number of thiazole rings is 1. The second-order valence-corrected chi connectivity index (χ2v) is 6.77. The van der Waals surface area contributed by atoms with E-state index in [-0.39, 0.29) is 24.0 Å². The zero-order valence-corrected chi connectivity index (χ0v) is 17.9. The van der Waals surface area contributed by atoms with E-state index in [2.05, 4.69) is 39.4 Å². The van der Waals surface area contributed by atoms with Gasteiger partial charge in [0.15, 0.2) is 10.9 Å². The maximum Gasteiger partial charge on any atom is 0.193 e. The summed E-state index contributed by atoms with van der Waals surface area (Å²) in [6.07, 6.45) is 4.06. The van der Waals surface area contributed by atoms with Crippen molar-refractivity contribution in [2.75, 3.05) is 39.4 Å². The average Bonchev–Trinajstić information content (AvgIpc) is 3.19. The van der Waals surface area contributed by atoms with Crippen molar-refractivity contribution in [3.05, 3.63) is 23.5 Å². The predicted molar refractivity (Wildman–Crippen MR) is 113 cm³/mol. The van der Waals surface area contributed by atoms with Gasteiger partial charge in [0.25, 0.3) is 0 Å². The van der Waals surface area contributed by atoms with Gasteiger partial charge in [-0.1, -0.05) is 0 Å². The fourth-order valence-electron chi connectivity index (χ4n) is 2.75. The molecule has 7 nitrogen and oxygen atoms in total. The van der Waals surface area contributed by atoms with Crippen LogP contribution in [0.4, 0.5) is 0 Å². The third-order valence-electron chi connectivity index (χ3n) is 4.12. The summed E-state index contributed by atoms with van der Waals surface area (Å²) in [5.41, 5.74) is 0.986. The summed E-state index contributed by atoms with van der Waals surface area (Å²) in [4.78, 5) is 12.7. The number of rotatable bonds is 6. The van der Waals surface area contributed by atoms with Gasteiger partial charge in [0.1, 0.15) is 0 Å². The second-order valence-electron chi connectivity index (χ2n) is 5.90. The molecule has 3 rings (SSSR count). The van der Waals surface area contributed by atoms with Crippen LogP contribution in [0.25, 0.3) is 4.96 Å². The van der Waals surface area contributed by atoms with Crippen LogP contribution in [0.2, 0.25) is 0 Å². The number of aliphatic imine (C=N–C) groups is 1. The van der Waals surface area contributed by atoms with Crippen molar-refractivity contribution in [3.63, 3.8) is 0 Å². The molecule has 25 heavy (non-hydrogen) atoms. The minimum absolute atomic E-state index is 0. The number of aromatic nitrogens is 2. The number of hydrogen-bond donors (Lipinski definition) is 2. The number of ether oxygens (including phenoxy) is 1. The Bertz CT molecular complexity index is 638. The van der Waals surface area contributed by atoms with Crippen molar-refractivity contribution in [3.8, 4) is 0 Å². The topological polar surface area (TPSA) is 66.2 Å². The fraction of sp³-hybridized carbons (Fsp3) is 0.625. The van der Waals surface area contributed by atoms with Crippen LogP contribution in [-0.4, -0.2) is 65.7 Å². The van der Waals surface area contributed by atoms with E-state index in [1.54, 1.807) is 11.3 Å². The summed E-state index contributed by atoms with van der Waals surface area (Å²) in [5, 5.41) is 8.78. The maximum absolute atomic E-state index is 5.41. The van der Waals surface area contributed by atoms with Crippen LogP contribution in [0.1, 0.15) is 19.5 Å². The van der Waals surface area contributed by atoms with E-state index in [9.17, 15) is 0 Å².